The van der Waals surface area contributed by atoms with E-state index in [1.807, 2.05) is 0 Å². The summed E-state index contributed by atoms with van der Waals surface area (Å²) in [6, 6.07) is 16.1. The zero-order chi connectivity index (χ0) is 21.0. The van der Waals surface area contributed by atoms with Crippen molar-refractivity contribution in [3.8, 4) is 22.6 Å². The molecule has 5 nitrogen and oxygen atoms in total. The van der Waals surface area contributed by atoms with Gasteiger partial charge in [0, 0.05) is 22.7 Å². The van der Waals surface area contributed by atoms with Gasteiger partial charge in [0.2, 0.25) is 0 Å². The Morgan fingerprint density at radius 1 is 1.14 bits per heavy atom. The Labute approximate surface area is 168 Å². The van der Waals surface area contributed by atoms with E-state index in [-0.39, 0.29) is 18.8 Å². The number of nitrogens with two attached hydrogens (primary N) is 1. The average molecular weight is 395 g/mol. The number of halogens is 1. The van der Waals surface area contributed by atoms with Crippen molar-refractivity contribution >= 4 is 5.97 Å². The standard InChI is InChI=1S/C23H22FNO4/c1-14(25)19-6-4-7-20(23(19)24)17-9-15(10-18(26)11-17)13-29-21-8-3-2-5-16(21)12-22(27)28/h2-11,14,26H,12-13,25H2,1H3,(H,27,28)/t14-/m1/s1. The molecule has 6 heteroatoms. The number of ether oxygens (including phenoxy) is 1. The number of carboxylic acid groups (broad SMARTS) is 1. The van der Waals surface area contributed by atoms with Crippen molar-refractivity contribution in [2.45, 2.75) is 26.0 Å². The van der Waals surface area contributed by atoms with Crippen LogP contribution in [-0.2, 0) is 17.8 Å². The third-order valence-corrected chi connectivity index (χ3v) is 4.52. The van der Waals surface area contributed by atoms with Crippen LogP contribution < -0.4 is 10.5 Å². The zero-order valence-electron chi connectivity index (χ0n) is 15.9. The van der Waals surface area contributed by atoms with E-state index in [2.05, 4.69) is 0 Å². The van der Waals surface area contributed by atoms with Crippen molar-refractivity contribution < 1.29 is 24.1 Å². The van der Waals surface area contributed by atoms with E-state index in [1.165, 1.54) is 12.1 Å². The molecule has 1 atom stereocenters. The van der Waals surface area contributed by atoms with Crippen LogP contribution in [-0.4, -0.2) is 16.2 Å². The molecule has 0 aliphatic heterocycles. The molecule has 4 N–H and O–H groups in total. The maximum atomic E-state index is 14.8. The molecule has 0 aliphatic rings. The van der Waals surface area contributed by atoms with Gasteiger partial charge in [-0.25, -0.2) is 4.39 Å². The fourth-order valence-corrected chi connectivity index (χ4v) is 3.15. The van der Waals surface area contributed by atoms with Crippen molar-refractivity contribution in [2.24, 2.45) is 5.73 Å². The molecule has 0 radical (unpaired) electrons. The van der Waals surface area contributed by atoms with Crippen LogP contribution in [0.15, 0.2) is 60.7 Å². The Balaban J connectivity index is 1.88. The van der Waals surface area contributed by atoms with Crippen LogP contribution in [0.4, 0.5) is 4.39 Å². The van der Waals surface area contributed by atoms with Gasteiger partial charge in [-0.2, -0.15) is 0 Å². The first-order valence-corrected chi connectivity index (χ1v) is 9.15. The van der Waals surface area contributed by atoms with Gasteiger partial charge in [-0.1, -0.05) is 36.4 Å². The molecule has 3 rings (SSSR count). The highest BCUT2D eigenvalue weighted by Gasteiger charge is 2.14. The van der Waals surface area contributed by atoms with Gasteiger partial charge in [-0.15, -0.1) is 0 Å². The summed E-state index contributed by atoms with van der Waals surface area (Å²) in [5.74, 6) is -0.951. The van der Waals surface area contributed by atoms with Crippen molar-refractivity contribution in [2.75, 3.05) is 0 Å². The largest absolute Gasteiger partial charge is 0.508 e. The number of carbonyl (C=O) groups is 1. The van der Waals surface area contributed by atoms with E-state index in [4.69, 9.17) is 15.6 Å². The monoisotopic (exact) mass is 395 g/mol. The van der Waals surface area contributed by atoms with Crippen LogP contribution in [0.1, 0.15) is 29.7 Å². The first-order valence-electron chi connectivity index (χ1n) is 9.15. The normalized spacial score (nSPS) is 11.8. The summed E-state index contributed by atoms with van der Waals surface area (Å²) < 4.78 is 20.6. The lowest BCUT2D eigenvalue weighted by Gasteiger charge is -2.14. The fraction of sp³-hybridized carbons (Fsp3) is 0.174. The van der Waals surface area contributed by atoms with Gasteiger partial charge in [0.1, 0.15) is 23.9 Å². The lowest BCUT2D eigenvalue weighted by molar-refractivity contribution is -0.136. The molecule has 0 saturated carbocycles. The molecule has 3 aromatic carbocycles. The van der Waals surface area contributed by atoms with Gasteiger partial charge in [0.15, 0.2) is 0 Å². The van der Waals surface area contributed by atoms with E-state index in [9.17, 15) is 14.3 Å². The van der Waals surface area contributed by atoms with E-state index in [1.54, 1.807) is 55.5 Å². The van der Waals surface area contributed by atoms with Crippen LogP contribution in [0, 0.1) is 5.82 Å². The Hall–Kier alpha value is -3.38. The topological polar surface area (TPSA) is 92.8 Å². The summed E-state index contributed by atoms with van der Waals surface area (Å²) in [5, 5.41) is 19.1. The van der Waals surface area contributed by atoms with Crippen LogP contribution in [0.5, 0.6) is 11.5 Å². The number of phenolic OH excluding ortho intramolecular Hbond substituents is 1. The second-order valence-corrected chi connectivity index (χ2v) is 6.85. The molecule has 0 fully saturated rings. The predicted octanol–water partition coefficient (Wildman–Crippen LogP) is 4.42. The number of aliphatic carboxylic acids is 1. The smallest absolute Gasteiger partial charge is 0.307 e. The Kier molecular flexibility index (Phi) is 6.14. The van der Waals surface area contributed by atoms with E-state index < -0.39 is 17.8 Å². The summed E-state index contributed by atoms with van der Waals surface area (Å²) in [6.07, 6.45) is -0.156. The average Bonchev–Trinajstić information content (AvgIpc) is 2.66. The Morgan fingerprint density at radius 3 is 2.62 bits per heavy atom. The molecule has 0 saturated heterocycles. The summed E-state index contributed by atoms with van der Waals surface area (Å²) in [5.41, 5.74) is 8.24. The number of phenols is 1. The lowest BCUT2D eigenvalue weighted by Crippen LogP contribution is -2.08. The molecule has 0 amide bonds. The summed E-state index contributed by atoms with van der Waals surface area (Å²) >= 11 is 0. The summed E-state index contributed by atoms with van der Waals surface area (Å²) in [6.45, 7) is 1.80. The number of hydrogen-bond acceptors (Lipinski definition) is 4. The minimum absolute atomic E-state index is 0.0227. The van der Waals surface area contributed by atoms with E-state index >= 15 is 0 Å². The van der Waals surface area contributed by atoms with Crippen molar-refractivity contribution in [1.82, 2.24) is 0 Å². The van der Waals surface area contributed by atoms with E-state index in [0.29, 0.717) is 33.6 Å². The van der Waals surface area contributed by atoms with Gasteiger partial charge >= 0.3 is 5.97 Å². The minimum Gasteiger partial charge on any atom is -0.508 e. The van der Waals surface area contributed by atoms with Crippen molar-refractivity contribution in [3.63, 3.8) is 0 Å². The first-order chi connectivity index (χ1) is 13.8. The highest BCUT2D eigenvalue weighted by atomic mass is 19.1. The van der Waals surface area contributed by atoms with Gasteiger partial charge in [0.25, 0.3) is 0 Å². The maximum Gasteiger partial charge on any atom is 0.307 e. The van der Waals surface area contributed by atoms with Crippen LogP contribution in [0.25, 0.3) is 11.1 Å². The maximum absolute atomic E-state index is 14.8. The molecule has 29 heavy (non-hydrogen) atoms. The second kappa shape index (κ2) is 8.75. The molecule has 3 aromatic rings. The molecule has 0 bridgehead atoms. The number of hydrogen-bond donors (Lipinski definition) is 3. The van der Waals surface area contributed by atoms with Gasteiger partial charge < -0.3 is 20.7 Å². The highest BCUT2D eigenvalue weighted by molar-refractivity contribution is 5.71. The fourth-order valence-electron chi connectivity index (χ4n) is 3.15. The second-order valence-electron chi connectivity index (χ2n) is 6.85. The lowest BCUT2D eigenvalue weighted by atomic mass is 9.98. The SMILES string of the molecule is C[C@@H](N)c1cccc(-c2cc(O)cc(COc3ccccc3CC(=O)O)c2)c1F. The molecule has 0 spiro atoms. The molecule has 0 aliphatic carbocycles. The van der Waals surface area contributed by atoms with Gasteiger partial charge in [-0.05, 0) is 42.3 Å². The van der Waals surface area contributed by atoms with Gasteiger partial charge in [0.05, 0.1) is 6.42 Å². The number of carboxylic acids is 1. The number of rotatable bonds is 7. The number of para-hydroxylation sites is 1. The summed E-state index contributed by atoms with van der Waals surface area (Å²) in [4.78, 5) is 11.0. The Morgan fingerprint density at radius 2 is 1.90 bits per heavy atom. The van der Waals surface area contributed by atoms with Crippen molar-refractivity contribution in [1.29, 1.82) is 0 Å². The molecular weight excluding hydrogens is 373 g/mol. The van der Waals surface area contributed by atoms with Crippen LogP contribution in [0.2, 0.25) is 0 Å². The predicted molar refractivity (Wildman–Crippen MR) is 108 cm³/mol. The minimum atomic E-state index is -0.954. The highest BCUT2D eigenvalue weighted by Crippen LogP contribution is 2.31. The number of aromatic hydroxyl groups is 1. The third kappa shape index (κ3) is 4.92. The summed E-state index contributed by atoms with van der Waals surface area (Å²) in [7, 11) is 0. The van der Waals surface area contributed by atoms with Gasteiger partial charge in [-0.3, -0.25) is 4.79 Å². The first kappa shape index (κ1) is 20.4. The van der Waals surface area contributed by atoms with E-state index in [0.717, 1.165) is 0 Å². The molecule has 0 heterocycles. The number of benzene rings is 3. The molecule has 0 aromatic heterocycles. The quantitative estimate of drug-likeness (QED) is 0.551. The molecular formula is C23H22FNO4. The third-order valence-electron chi connectivity index (χ3n) is 4.52. The van der Waals surface area contributed by atoms with Crippen molar-refractivity contribution in [3.05, 3.63) is 83.2 Å². The Bertz CT molecular complexity index is 1030. The molecule has 150 valence electrons. The zero-order valence-corrected chi connectivity index (χ0v) is 15.9. The van der Waals surface area contributed by atoms with Crippen LogP contribution in [0.3, 0.4) is 0 Å². The van der Waals surface area contributed by atoms with Crippen LogP contribution >= 0.6 is 0 Å². The molecule has 0 unspecified atom stereocenters.